The van der Waals surface area contributed by atoms with Crippen molar-refractivity contribution in [2.45, 2.75) is 52.7 Å². The summed E-state index contributed by atoms with van der Waals surface area (Å²) in [7, 11) is 0. The summed E-state index contributed by atoms with van der Waals surface area (Å²) in [6, 6.07) is 71.4. The van der Waals surface area contributed by atoms with Gasteiger partial charge in [-0.2, -0.15) is 0 Å². The van der Waals surface area contributed by atoms with Crippen LogP contribution in [0.3, 0.4) is 0 Å². The Balaban J connectivity index is 1.04. The molecule has 2 amide bonds. The molecule has 0 bridgehead atoms. The van der Waals surface area contributed by atoms with E-state index in [1.54, 1.807) is 0 Å². The number of benzene rings is 8. The summed E-state index contributed by atoms with van der Waals surface area (Å²) in [5.41, 5.74) is 15.2. The van der Waals surface area contributed by atoms with Gasteiger partial charge in [-0.05, 0) is 123 Å². The van der Waals surface area contributed by atoms with Crippen molar-refractivity contribution < 1.29 is 9.59 Å². The van der Waals surface area contributed by atoms with Crippen molar-refractivity contribution >= 4 is 51.6 Å². The number of hydrogen-bond acceptors (Lipinski definition) is 4. The monoisotopic (exact) mass is 872 g/mol. The van der Waals surface area contributed by atoms with Crippen LogP contribution >= 0.6 is 0 Å². The van der Waals surface area contributed by atoms with Crippen LogP contribution in [0.1, 0.15) is 50.4 Å². The van der Waals surface area contributed by atoms with Crippen LogP contribution in [0.15, 0.2) is 212 Å². The molecule has 1 aliphatic carbocycles. The fraction of sp³-hybridized carbons (Fsp3) is 0.148. The summed E-state index contributed by atoms with van der Waals surface area (Å²) in [6.45, 7) is 9.18. The number of nitrogens with zero attached hydrogens (tertiary/aromatic N) is 4. The molecule has 67 heavy (non-hydrogen) atoms. The minimum atomic E-state index is -1.04. The molecule has 1 spiro atoms. The average Bonchev–Trinajstić information content (AvgIpc) is 3.89. The molecule has 2 fully saturated rings. The Morgan fingerprint density at radius 3 is 1.19 bits per heavy atom. The number of carbonyl (C=O) groups is 2. The molecule has 2 heterocycles. The van der Waals surface area contributed by atoms with E-state index in [0.717, 1.165) is 56.4 Å². The largest absolute Gasteiger partial charge is 0.329 e. The first-order chi connectivity index (χ1) is 32.7. The van der Waals surface area contributed by atoms with Crippen molar-refractivity contribution in [3.05, 3.63) is 256 Å². The first kappa shape index (κ1) is 41.7. The lowest BCUT2D eigenvalue weighted by atomic mass is 9.90. The fourth-order valence-corrected chi connectivity index (χ4v) is 10.6. The number of carbonyl (C=O) groups excluding carboxylic acids is 2. The molecule has 3 atom stereocenters. The van der Waals surface area contributed by atoms with E-state index < -0.39 is 5.41 Å². The van der Waals surface area contributed by atoms with Gasteiger partial charge in [0.15, 0.2) is 0 Å². The molecular weight excluding hydrogens is 821 g/mol. The molecule has 0 aromatic heterocycles. The van der Waals surface area contributed by atoms with Crippen LogP contribution in [0.2, 0.25) is 0 Å². The quantitative estimate of drug-likeness (QED) is 0.123. The Kier molecular flexibility index (Phi) is 10.5. The van der Waals surface area contributed by atoms with Crippen LogP contribution in [-0.4, -0.2) is 27.7 Å². The topological polar surface area (TPSA) is 47.1 Å². The summed E-state index contributed by atoms with van der Waals surface area (Å²) in [4.78, 5) is 39.5. The summed E-state index contributed by atoms with van der Waals surface area (Å²) in [6.07, 6.45) is 0. The van der Waals surface area contributed by atoms with Gasteiger partial charge in [-0.1, -0.05) is 156 Å². The number of likely N-dealkylation sites (tertiary alicyclic amines) is 1. The number of aryl methyl sites for hydroxylation is 4. The summed E-state index contributed by atoms with van der Waals surface area (Å²) in [5.74, 6) is -0.322. The molecule has 3 unspecified atom stereocenters. The van der Waals surface area contributed by atoms with Gasteiger partial charge in [0, 0.05) is 46.6 Å². The summed E-state index contributed by atoms with van der Waals surface area (Å²) >= 11 is 0. The molecule has 328 valence electrons. The van der Waals surface area contributed by atoms with Crippen molar-refractivity contribution in [3.8, 4) is 0 Å². The normalized spacial score (nSPS) is 18.3. The van der Waals surface area contributed by atoms with Crippen molar-refractivity contribution in [2.24, 2.45) is 5.41 Å². The molecule has 0 N–H and O–H groups in total. The van der Waals surface area contributed by atoms with Gasteiger partial charge in [-0.25, -0.2) is 0 Å². The summed E-state index contributed by atoms with van der Waals surface area (Å²) in [5, 5.41) is 0. The van der Waals surface area contributed by atoms with Gasteiger partial charge in [-0.15, -0.1) is 0 Å². The van der Waals surface area contributed by atoms with Crippen LogP contribution in [0, 0.1) is 33.1 Å². The molecule has 0 radical (unpaired) electrons. The van der Waals surface area contributed by atoms with Crippen LogP contribution in [0.25, 0.3) is 5.70 Å². The van der Waals surface area contributed by atoms with Gasteiger partial charge < -0.3 is 19.6 Å². The third-order valence-electron chi connectivity index (χ3n) is 14.0. The molecule has 6 nitrogen and oxygen atoms in total. The van der Waals surface area contributed by atoms with E-state index in [1.807, 2.05) is 46.2 Å². The zero-order chi connectivity index (χ0) is 45.8. The molecule has 8 aromatic carbocycles. The maximum atomic E-state index is 15.8. The predicted molar refractivity (Wildman–Crippen MR) is 271 cm³/mol. The van der Waals surface area contributed by atoms with Crippen molar-refractivity contribution in [1.82, 2.24) is 9.80 Å². The Hall–Kier alpha value is -7.96. The zero-order valence-electron chi connectivity index (χ0n) is 38.3. The van der Waals surface area contributed by atoms with Gasteiger partial charge in [0.25, 0.3) is 5.91 Å². The van der Waals surface area contributed by atoms with E-state index in [9.17, 15) is 0 Å². The lowest BCUT2D eigenvalue weighted by Gasteiger charge is -2.27. The number of anilines is 6. The maximum absolute atomic E-state index is 15.8. The van der Waals surface area contributed by atoms with Crippen molar-refractivity contribution in [3.63, 3.8) is 0 Å². The van der Waals surface area contributed by atoms with Crippen LogP contribution in [-0.2, 0) is 22.7 Å². The lowest BCUT2D eigenvalue weighted by molar-refractivity contribution is -0.131. The smallest absolute Gasteiger partial charge is 0.253 e. The molecule has 1 saturated carbocycles. The van der Waals surface area contributed by atoms with E-state index in [1.165, 1.54) is 22.3 Å². The standard InChI is InChI=1S/C61H52N4O2/c1-41-15-27-49(28-16-41)64(50-29-17-42(2)18-30-50)53-35-23-47(24-36-53)55-58-61(55)56(59(66)63(58)40-46-13-9-6-10-14-46)57(62(60(61)67)39-45-11-7-5-8-12-45)48-25-37-54(38-26-48)65(51-31-19-43(3)20-32-51)52-33-21-44(4)22-34-52/h5-38,55,58H,39-40H2,1-4H3. The number of piperidine rings is 1. The predicted octanol–water partition coefficient (Wildman–Crippen LogP) is 13.8. The van der Waals surface area contributed by atoms with E-state index >= 15 is 9.59 Å². The first-order valence-electron chi connectivity index (χ1n) is 23.2. The fourth-order valence-electron chi connectivity index (χ4n) is 10.6. The lowest BCUT2D eigenvalue weighted by Crippen LogP contribution is -2.33. The third-order valence-corrected chi connectivity index (χ3v) is 14.0. The highest BCUT2D eigenvalue weighted by molar-refractivity contribution is 6.21. The first-order valence-corrected chi connectivity index (χ1v) is 23.2. The molecule has 11 rings (SSSR count). The second kappa shape index (κ2) is 16.8. The van der Waals surface area contributed by atoms with Gasteiger partial charge in [0.05, 0.1) is 23.9 Å². The molecule has 8 aromatic rings. The number of hydrogen-bond donors (Lipinski definition) is 0. The second-order valence-electron chi connectivity index (χ2n) is 18.5. The van der Waals surface area contributed by atoms with Crippen LogP contribution < -0.4 is 9.80 Å². The molecule has 2 aliphatic heterocycles. The minimum Gasteiger partial charge on any atom is -0.329 e. The molecular formula is C61H52N4O2. The SMILES string of the molecule is Cc1ccc(N(c2ccc(C)cc2)c2ccc(C3=C4C(=O)N(Cc5ccccc5)C5C(c6ccc(N(c7ccc(C)cc7)c7ccc(C)cc7)cc6)C45C(=O)N3Cc3ccccc3)cc2)cc1. The Bertz CT molecular complexity index is 3040. The second-order valence-corrected chi connectivity index (χ2v) is 18.5. The maximum Gasteiger partial charge on any atom is 0.253 e. The zero-order valence-corrected chi connectivity index (χ0v) is 38.3. The number of rotatable bonds is 12. The van der Waals surface area contributed by atoms with E-state index in [2.05, 4.69) is 207 Å². The number of amides is 2. The minimum absolute atomic E-state index is 0.0182. The highest BCUT2D eigenvalue weighted by Crippen LogP contribution is 2.75. The van der Waals surface area contributed by atoms with Gasteiger partial charge in [0.1, 0.15) is 5.41 Å². The Labute approximate surface area is 393 Å². The molecule has 6 heteroatoms. The third kappa shape index (κ3) is 7.30. The highest BCUT2D eigenvalue weighted by Gasteiger charge is 2.83. The van der Waals surface area contributed by atoms with Gasteiger partial charge in [-0.3, -0.25) is 9.59 Å². The van der Waals surface area contributed by atoms with Crippen molar-refractivity contribution in [1.29, 1.82) is 0 Å². The average molecular weight is 873 g/mol. The Morgan fingerprint density at radius 1 is 0.433 bits per heavy atom. The summed E-state index contributed by atoms with van der Waals surface area (Å²) < 4.78 is 0. The van der Waals surface area contributed by atoms with Crippen molar-refractivity contribution in [2.75, 3.05) is 9.80 Å². The van der Waals surface area contributed by atoms with E-state index in [-0.39, 0.29) is 23.8 Å². The highest BCUT2D eigenvalue weighted by atomic mass is 16.2. The van der Waals surface area contributed by atoms with Gasteiger partial charge in [0.2, 0.25) is 5.91 Å². The van der Waals surface area contributed by atoms with E-state index in [4.69, 9.17) is 0 Å². The van der Waals surface area contributed by atoms with E-state index in [0.29, 0.717) is 24.4 Å². The Morgan fingerprint density at radius 2 is 0.791 bits per heavy atom. The van der Waals surface area contributed by atoms with Crippen LogP contribution in [0.4, 0.5) is 34.1 Å². The molecule has 3 aliphatic rings. The van der Waals surface area contributed by atoms with Crippen LogP contribution in [0.5, 0.6) is 0 Å². The van der Waals surface area contributed by atoms with Gasteiger partial charge >= 0.3 is 0 Å². The molecule has 1 saturated heterocycles.